The van der Waals surface area contributed by atoms with Crippen LogP contribution >= 0.6 is 0 Å². The summed E-state index contributed by atoms with van der Waals surface area (Å²) >= 11 is 0. The highest BCUT2D eigenvalue weighted by Crippen LogP contribution is 2.21. The van der Waals surface area contributed by atoms with Gasteiger partial charge in [-0.1, -0.05) is 12.1 Å². The maximum Gasteiger partial charge on any atom is 0.253 e. The fourth-order valence-corrected chi connectivity index (χ4v) is 2.47. The van der Waals surface area contributed by atoms with Gasteiger partial charge in [-0.3, -0.25) is 4.79 Å². The van der Waals surface area contributed by atoms with Crippen LogP contribution in [0.1, 0.15) is 23.1 Å². The molecule has 0 aliphatic rings. The third-order valence-electron chi connectivity index (χ3n) is 3.52. The van der Waals surface area contributed by atoms with Gasteiger partial charge in [0.1, 0.15) is 0 Å². The maximum absolute atomic E-state index is 12.3. The first-order chi connectivity index (χ1) is 8.56. The smallest absolute Gasteiger partial charge is 0.253 e. The fourth-order valence-electron chi connectivity index (χ4n) is 2.47. The van der Waals surface area contributed by atoms with Gasteiger partial charge in [-0.15, -0.1) is 0 Å². The predicted molar refractivity (Wildman–Crippen MR) is 76.0 cm³/mol. The quantitative estimate of drug-likeness (QED) is 0.898. The standard InChI is InChI=1S/C15H20N2O/c1-10-6-7-11(2)14-13(10)9-12(5-4-8-16)15(18)17(14)3/h6-7,9H,4-5,8,16H2,1-3H3. The summed E-state index contributed by atoms with van der Waals surface area (Å²) in [4.78, 5) is 12.3. The zero-order valence-electron chi connectivity index (χ0n) is 11.3. The molecule has 0 saturated carbocycles. The molecule has 1 aromatic carbocycles. The van der Waals surface area contributed by atoms with Crippen molar-refractivity contribution in [3.05, 3.63) is 45.2 Å². The van der Waals surface area contributed by atoms with E-state index in [1.54, 1.807) is 4.57 Å². The molecular weight excluding hydrogens is 224 g/mol. The van der Waals surface area contributed by atoms with Crippen LogP contribution < -0.4 is 11.3 Å². The minimum Gasteiger partial charge on any atom is -0.330 e. The van der Waals surface area contributed by atoms with Crippen molar-refractivity contribution in [2.24, 2.45) is 12.8 Å². The Bertz CT molecular complexity index is 641. The number of aryl methyl sites for hydroxylation is 4. The van der Waals surface area contributed by atoms with Gasteiger partial charge in [-0.05, 0) is 50.4 Å². The average Bonchev–Trinajstić information content (AvgIpc) is 2.36. The molecular formula is C15H20N2O. The van der Waals surface area contributed by atoms with Crippen LogP contribution in [0.25, 0.3) is 10.9 Å². The van der Waals surface area contributed by atoms with Crippen molar-refractivity contribution in [3.63, 3.8) is 0 Å². The normalized spacial score (nSPS) is 11.1. The van der Waals surface area contributed by atoms with Crippen molar-refractivity contribution in [2.45, 2.75) is 26.7 Å². The van der Waals surface area contributed by atoms with Crippen LogP contribution in [0.5, 0.6) is 0 Å². The second-order valence-electron chi connectivity index (χ2n) is 4.89. The number of pyridine rings is 1. The summed E-state index contributed by atoms with van der Waals surface area (Å²) in [6, 6.07) is 6.21. The highest BCUT2D eigenvalue weighted by molar-refractivity contribution is 5.85. The number of hydrogen-bond acceptors (Lipinski definition) is 2. The Morgan fingerprint density at radius 2 is 1.89 bits per heavy atom. The van der Waals surface area contributed by atoms with E-state index in [2.05, 4.69) is 19.1 Å². The molecule has 0 bridgehead atoms. The second-order valence-corrected chi connectivity index (χ2v) is 4.89. The largest absolute Gasteiger partial charge is 0.330 e. The predicted octanol–water partition coefficient (Wildman–Crippen LogP) is 2.05. The van der Waals surface area contributed by atoms with Gasteiger partial charge in [-0.25, -0.2) is 0 Å². The van der Waals surface area contributed by atoms with Gasteiger partial charge >= 0.3 is 0 Å². The Morgan fingerprint density at radius 1 is 1.22 bits per heavy atom. The molecule has 2 N–H and O–H groups in total. The Labute approximate surface area is 107 Å². The maximum atomic E-state index is 12.3. The number of hydrogen-bond donors (Lipinski definition) is 1. The highest BCUT2D eigenvalue weighted by atomic mass is 16.1. The number of aromatic nitrogens is 1. The lowest BCUT2D eigenvalue weighted by Crippen LogP contribution is -2.22. The van der Waals surface area contributed by atoms with E-state index in [9.17, 15) is 4.79 Å². The van der Waals surface area contributed by atoms with E-state index >= 15 is 0 Å². The summed E-state index contributed by atoms with van der Waals surface area (Å²) in [6.07, 6.45) is 1.61. The van der Waals surface area contributed by atoms with Gasteiger partial charge in [0.15, 0.2) is 0 Å². The zero-order valence-corrected chi connectivity index (χ0v) is 11.3. The van der Waals surface area contributed by atoms with Gasteiger partial charge < -0.3 is 10.3 Å². The van der Waals surface area contributed by atoms with Crippen molar-refractivity contribution in [1.82, 2.24) is 4.57 Å². The van der Waals surface area contributed by atoms with Crippen molar-refractivity contribution in [3.8, 4) is 0 Å². The van der Waals surface area contributed by atoms with E-state index in [1.165, 1.54) is 10.9 Å². The molecule has 0 aliphatic heterocycles. The lowest BCUT2D eigenvalue weighted by Gasteiger charge is -2.12. The van der Waals surface area contributed by atoms with E-state index in [0.29, 0.717) is 6.54 Å². The third kappa shape index (κ3) is 2.06. The number of nitrogens with two attached hydrogens (primary N) is 1. The molecule has 1 aromatic heterocycles. The van der Waals surface area contributed by atoms with E-state index in [1.807, 2.05) is 20.0 Å². The number of rotatable bonds is 3. The minimum absolute atomic E-state index is 0.102. The Morgan fingerprint density at radius 3 is 2.56 bits per heavy atom. The molecule has 3 nitrogen and oxygen atoms in total. The molecule has 0 atom stereocenters. The summed E-state index contributed by atoms with van der Waals surface area (Å²) in [7, 11) is 1.85. The van der Waals surface area contributed by atoms with Crippen molar-refractivity contribution in [1.29, 1.82) is 0 Å². The van der Waals surface area contributed by atoms with Crippen LogP contribution in [-0.2, 0) is 13.5 Å². The van der Waals surface area contributed by atoms with E-state index < -0.39 is 0 Å². The van der Waals surface area contributed by atoms with Gasteiger partial charge in [0, 0.05) is 18.0 Å². The van der Waals surface area contributed by atoms with Crippen LogP contribution in [0.4, 0.5) is 0 Å². The third-order valence-corrected chi connectivity index (χ3v) is 3.52. The molecule has 96 valence electrons. The Balaban J connectivity index is 2.75. The molecule has 0 spiro atoms. The monoisotopic (exact) mass is 244 g/mol. The molecule has 3 heteroatoms. The van der Waals surface area contributed by atoms with Gasteiger partial charge in [-0.2, -0.15) is 0 Å². The van der Waals surface area contributed by atoms with Crippen molar-refractivity contribution >= 4 is 10.9 Å². The van der Waals surface area contributed by atoms with Crippen LogP contribution in [0.3, 0.4) is 0 Å². The summed E-state index contributed by atoms with van der Waals surface area (Å²) in [6.45, 7) is 4.74. The Hall–Kier alpha value is -1.61. The minimum atomic E-state index is 0.102. The van der Waals surface area contributed by atoms with E-state index in [-0.39, 0.29) is 5.56 Å². The Kier molecular flexibility index (Phi) is 3.53. The average molecular weight is 244 g/mol. The van der Waals surface area contributed by atoms with Gasteiger partial charge in [0.25, 0.3) is 5.56 Å². The highest BCUT2D eigenvalue weighted by Gasteiger charge is 2.09. The van der Waals surface area contributed by atoms with Gasteiger partial charge in [0.2, 0.25) is 0 Å². The molecule has 2 aromatic rings. The van der Waals surface area contributed by atoms with Crippen molar-refractivity contribution < 1.29 is 0 Å². The van der Waals surface area contributed by atoms with E-state index in [0.717, 1.165) is 29.5 Å². The molecule has 0 fully saturated rings. The molecule has 0 amide bonds. The van der Waals surface area contributed by atoms with Crippen LogP contribution in [0.15, 0.2) is 23.0 Å². The zero-order chi connectivity index (χ0) is 13.3. The second kappa shape index (κ2) is 4.94. The first-order valence-corrected chi connectivity index (χ1v) is 6.35. The summed E-state index contributed by atoms with van der Waals surface area (Å²) in [5.41, 5.74) is 9.88. The van der Waals surface area contributed by atoms with Gasteiger partial charge in [0.05, 0.1) is 5.52 Å². The molecule has 0 radical (unpaired) electrons. The first-order valence-electron chi connectivity index (χ1n) is 6.35. The molecule has 0 aliphatic carbocycles. The first kappa shape index (κ1) is 12.8. The number of benzene rings is 1. The molecule has 0 saturated heterocycles. The lowest BCUT2D eigenvalue weighted by molar-refractivity contribution is 0.798. The van der Waals surface area contributed by atoms with Crippen LogP contribution in [0.2, 0.25) is 0 Å². The number of fused-ring (bicyclic) bond motifs is 1. The SMILES string of the molecule is Cc1ccc(C)c2c1cc(CCCN)c(=O)n2C. The van der Waals surface area contributed by atoms with Crippen LogP contribution in [-0.4, -0.2) is 11.1 Å². The fraction of sp³-hybridized carbons (Fsp3) is 0.400. The van der Waals surface area contributed by atoms with E-state index in [4.69, 9.17) is 5.73 Å². The topological polar surface area (TPSA) is 48.0 Å². The summed E-state index contributed by atoms with van der Waals surface area (Å²) < 4.78 is 1.77. The lowest BCUT2D eigenvalue weighted by atomic mass is 10.0. The molecule has 1 heterocycles. The van der Waals surface area contributed by atoms with Crippen LogP contribution in [0, 0.1) is 13.8 Å². The van der Waals surface area contributed by atoms with Crippen molar-refractivity contribution in [2.75, 3.05) is 6.54 Å². The summed E-state index contributed by atoms with van der Waals surface area (Å²) in [5.74, 6) is 0. The molecule has 0 unspecified atom stereocenters. The molecule has 2 rings (SSSR count). The summed E-state index contributed by atoms with van der Waals surface area (Å²) in [5, 5.41) is 1.17. The molecule has 18 heavy (non-hydrogen) atoms. The number of nitrogens with zero attached hydrogens (tertiary/aromatic N) is 1.